The third kappa shape index (κ3) is 3.51. The first kappa shape index (κ1) is 15.0. The molecule has 0 saturated carbocycles. The van der Waals surface area contributed by atoms with Gasteiger partial charge in [0, 0.05) is 0 Å². The van der Waals surface area contributed by atoms with Crippen molar-refractivity contribution in [3.05, 3.63) is 23.2 Å². The molecule has 0 amide bonds. The molecule has 6 nitrogen and oxygen atoms in total. The number of carbonyl (C=O) groups excluding carboxylic acids is 2. The highest BCUT2D eigenvalue weighted by Gasteiger charge is 2.27. The molecule has 17 heavy (non-hydrogen) atoms. The molecule has 0 aliphatic heterocycles. The fourth-order valence-electron chi connectivity index (χ4n) is 1.17. The number of allylic oxidation sites excluding steroid dienone is 1. The van der Waals surface area contributed by atoms with E-state index < -0.39 is 11.9 Å². The van der Waals surface area contributed by atoms with Gasteiger partial charge in [0.15, 0.2) is 5.57 Å². The molecule has 0 spiro atoms. The van der Waals surface area contributed by atoms with Crippen LogP contribution in [0.2, 0.25) is 0 Å². The lowest BCUT2D eigenvalue weighted by molar-refractivity contribution is -0.140. The zero-order chi connectivity index (χ0) is 13.4. The lowest BCUT2D eigenvalue weighted by atomic mass is 10.1. The number of hydrogen-bond acceptors (Lipinski definition) is 6. The summed E-state index contributed by atoms with van der Waals surface area (Å²) in [5.74, 6) is -1.54. The van der Waals surface area contributed by atoms with E-state index in [1.54, 1.807) is 6.92 Å². The highest BCUT2D eigenvalue weighted by atomic mass is 16.7. The summed E-state index contributed by atoms with van der Waals surface area (Å²) in [6.45, 7) is 1.58. The van der Waals surface area contributed by atoms with Crippen LogP contribution in [0, 0.1) is 0 Å². The third-order valence-corrected chi connectivity index (χ3v) is 1.93. The molecule has 0 bridgehead atoms. The molecule has 0 atom stereocenters. The molecule has 0 radical (unpaired) electrons. The Labute approximate surface area is 99.8 Å². The minimum Gasteiger partial charge on any atom is -0.468 e. The Hall–Kier alpha value is -1.98. The Bertz CT molecular complexity index is 347. The van der Waals surface area contributed by atoms with Crippen LogP contribution in [0.3, 0.4) is 0 Å². The molecule has 0 aliphatic rings. The second kappa shape index (κ2) is 7.32. The van der Waals surface area contributed by atoms with Crippen LogP contribution in [0.4, 0.5) is 0 Å². The Morgan fingerprint density at radius 2 is 1.29 bits per heavy atom. The van der Waals surface area contributed by atoms with E-state index in [2.05, 4.69) is 9.47 Å². The van der Waals surface area contributed by atoms with E-state index in [1.165, 1.54) is 34.5 Å². The average molecular weight is 244 g/mol. The molecule has 0 aliphatic carbocycles. The number of hydrogen-bond donors (Lipinski definition) is 0. The molecule has 0 heterocycles. The summed E-state index contributed by atoms with van der Waals surface area (Å²) < 4.78 is 18.9. The molecular formula is C11H16O6. The zero-order valence-corrected chi connectivity index (χ0v) is 10.5. The number of carbonyl (C=O) groups is 2. The second-order valence-corrected chi connectivity index (χ2v) is 2.76. The molecule has 0 N–H and O–H groups in total. The summed E-state index contributed by atoms with van der Waals surface area (Å²) in [6, 6.07) is 0. The monoisotopic (exact) mass is 244 g/mol. The van der Waals surface area contributed by atoms with Gasteiger partial charge in [-0.25, -0.2) is 9.59 Å². The van der Waals surface area contributed by atoms with Gasteiger partial charge in [0.2, 0.25) is 0 Å². The van der Waals surface area contributed by atoms with Crippen LogP contribution < -0.4 is 0 Å². The van der Waals surface area contributed by atoms with Crippen molar-refractivity contribution in [1.29, 1.82) is 0 Å². The maximum Gasteiger partial charge on any atom is 0.346 e. The van der Waals surface area contributed by atoms with Crippen LogP contribution in [0.5, 0.6) is 0 Å². The predicted molar refractivity (Wildman–Crippen MR) is 58.8 cm³/mol. The number of rotatable bonds is 5. The maximum atomic E-state index is 11.6. The van der Waals surface area contributed by atoms with Crippen molar-refractivity contribution in [2.75, 3.05) is 28.4 Å². The van der Waals surface area contributed by atoms with E-state index in [0.717, 1.165) is 0 Å². The Morgan fingerprint density at radius 3 is 1.59 bits per heavy atom. The van der Waals surface area contributed by atoms with Crippen LogP contribution in [-0.4, -0.2) is 40.4 Å². The Morgan fingerprint density at radius 1 is 0.824 bits per heavy atom. The standard InChI is InChI=1S/C11H16O6/c1-6-7(9(12)14-2)8(10(13)15-3)11(16-4)17-5/h6H,1-5H3/b7-6+. The molecule has 0 fully saturated rings. The molecular weight excluding hydrogens is 228 g/mol. The van der Waals surface area contributed by atoms with E-state index in [4.69, 9.17) is 9.47 Å². The van der Waals surface area contributed by atoms with Crippen molar-refractivity contribution in [2.24, 2.45) is 0 Å². The SMILES string of the molecule is C/C=C(/C(=O)OC)C(C(=O)OC)=C(OC)OC. The van der Waals surface area contributed by atoms with E-state index in [-0.39, 0.29) is 17.1 Å². The summed E-state index contributed by atoms with van der Waals surface area (Å²) in [7, 11) is 5.02. The predicted octanol–water partition coefficient (Wildman–Crippen LogP) is 0.783. The van der Waals surface area contributed by atoms with Crippen molar-refractivity contribution in [2.45, 2.75) is 6.92 Å². The van der Waals surface area contributed by atoms with Crippen LogP contribution in [0.25, 0.3) is 0 Å². The van der Waals surface area contributed by atoms with Gasteiger partial charge in [-0.2, -0.15) is 0 Å². The smallest absolute Gasteiger partial charge is 0.346 e. The molecule has 0 unspecified atom stereocenters. The van der Waals surface area contributed by atoms with Crippen molar-refractivity contribution >= 4 is 11.9 Å². The van der Waals surface area contributed by atoms with Crippen LogP contribution in [0.15, 0.2) is 23.2 Å². The lowest BCUT2D eigenvalue weighted by Gasteiger charge is -2.12. The summed E-state index contributed by atoms with van der Waals surface area (Å²) in [5.41, 5.74) is -0.107. The molecule has 6 heteroatoms. The summed E-state index contributed by atoms with van der Waals surface area (Å²) in [6.07, 6.45) is 1.41. The Kier molecular flexibility index (Phi) is 6.47. The van der Waals surface area contributed by atoms with Crippen LogP contribution in [0.1, 0.15) is 6.92 Å². The first-order valence-corrected chi connectivity index (χ1v) is 4.72. The third-order valence-electron chi connectivity index (χ3n) is 1.93. The number of esters is 2. The fourth-order valence-corrected chi connectivity index (χ4v) is 1.17. The van der Waals surface area contributed by atoms with Gasteiger partial charge < -0.3 is 18.9 Å². The Balaban J connectivity index is 5.70. The van der Waals surface area contributed by atoms with E-state index in [1.807, 2.05) is 0 Å². The molecule has 0 aromatic carbocycles. The van der Waals surface area contributed by atoms with Gasteiger partial charge in [-0.05, 0) is 6.92 Å². The largest absolute Gasteiger partial charge is 0.468 e. The number of methoxy groups -OCH3 is 4. The molecule has 0 aromatic rings. The van der Waals surface area contributed by atoms with E-state index >= 15 is 0 Å². The number of ether oxygens (including phenoxy) is 4. The van der Waals surface area contributed by atoms with Gasteiger partial charge in [-0.1, -0.05) is 6.08 Å². The highest BCUT2D eigenvalue weighted by Crippen LogP contribution is 2.19. The van der Waals surface area contributed by atoms with Crippen molar-refractivity contribution in [3.63, 3.8) is 0 Å². The van der Waals surface area contributed by atoms with Crippen molar-refractivity contribution < 1.29 is 28.5 Å². The second-order valence-electron chi connectivity index (χ2n) is 2.76. The van der Waals surface area contributed by atoms with Crippen LogP contribution in [-0.2, 0) is 28.5 Å². The maximum absolute atomic E-state index is 11.6. The first-order chi connectivity index (χ1) is 8.06. The van der Waals surface area contributed by atoms with Crippen LogP contribution >= 0.6 is 0 Å². The molecule has 96 valence electrons. The summed E-state index contributed by atoms with van der Waals surface area (Å²) in [4.78, 5) is 23.1. The van der Waals surface area contributed by atoms with E-state index in [9.17, 15) is 9.59 Å². The van der Waals surface area contributed by atoms with Gasteiger partial charge in [0.25, 0.3) is 5.95 Å². The molecule has 0 rings (SSSR count). The quantitative estimate of drug-likeness (QED) is 0.308. The van der Waals surface area contributed by atoms with Gasteiger partial charge in [-0.3, -0.25) is 0 Å². The van der Waals surface area contributed by atoms with Crippen molar-refractivity contribution in [3.8, 4) is 0 Å². The molecule has 0 saturated heterocycles. The first-order valence-electron chi connectivity index (χ1n) is 4.72. The van der Waals surface area contributed by atoms with E-state index in [0.29, 0.717) is 0 Å². The normalized spacial score (nSPS) is 10.3. The summed E-state index contributed by atoms with van der Waals surface area (Å²) in [5, 5.41) is 0. The van der Waals surface area contributed by atoms with Crippen molar-refractivity contribution in [1.82, 2.24) is 0 Å². The fraction of sp³-hybridized carbons (Fsp3) is 0.455. The lowest BCUT2D eigenvalue weighted by Crippen LogP contribution is -2.18. The average Bonchev–Trinajstić information content (AvgIpc) is 2.37. The zero-order valence-electron chi connectivity index (χ0n) is 10.5. The van der Waals surface area contributed by atoms with Gasteiger partial charge in [0.1, 0.15) is 0 Å². The van der Waals surface area contributed by atoms with Gasteiger partial charge >= 0.3 is 11.9 Å². The summed E-state index contributed by atoms with van der Waals surface area (Å²) >= 11 is 0. The van der Waals surface area contributed by atoms with Gasteiger partial charge in [0.05, 0.1) is 34.0 Å². The topological polar surface area (TPSA) is 71.1 Å². The highest BCUT2D eigenvalue weighted by molar-refractivity contribution is 6.07. The minimum atomic E-state index is -0.748. The molecule has 0 aromatic heterocycles. The van der Waals surface area contributed by atoms with Gasteiger partial charge in [-0.15, -0.1) is 0 Å². The minimum absolute atomic E-state index is 0.0121.